The van der Waals surface area contributed by atoms with Gasteiger partial charge in [0.2, 0.25) is 11.9 Å². The Morgan fingerprint density at radius 2 is 2.00 bits per heavy atom. The minimum Gasteiger partial charge on any atom is -0.391 e. The lowest BCUT2D eigenvalue weighted by molar-refractivity contribution is -0.131. The van der Waals surface area contributed by atoms with E-state index >= 15 is 0 Å². The van der Waals surface area contributed by atoms with E-state index in [1.165, 1.54) is 11.8 Å². The number of nitrogens with zero attached hydrogens (tertiary/aromatic N) is 4. The lowest BCUT2D eigenvalue weighted by atomic mass is 10.3. The molecule has 1 aromatic rings. The smallest absolute Gasteiger partial charge is 0.334 e. The van der Waals surface area contributed by atoms with Crippen LogP contribution < -0.4 is 4.90 Å². The van der Waals surface area contributed by atoms with Crippen molar-refractivity contribution in [3.8, 4) is 0 Å². The molecule has 1 saturated heterocycles. The van der Waals surface area contributed by atoms with Crippen LogP contribution in [0, 0.1) is 13.8 Å². The fraction of sp³-hybridized carbons (Fsp3) is 0.364. The fourth-order valence-electron chi connectivity index (χ4n) is 1.59. The Kier molecular flexibility index (Phi) is 3.05. The summed E-state index contributed by atoms with van der Waals surface area (Å²) in [5.74, 6) is -0.634. The highest BCUT2D eigenvalue weighted by molar-refractivity contribution is 6.09. The summed E-state index contributed by atoms with van der Waals surface area (Å²) in [6, 6.07) is 1.74. The molecule has 18 heavy (non-hydrogen) atoms. The average molecular weight is 248 g/mol. The van der Waals surface area contributed by atoms with Gasteiger partial charge >= 0.3 is 12.0 Å². The summed E-state index contributed by atoms with van der Waals surface area (Å²) < 4.78 is 4.86. The van der Waals surface area contributed by atoms with Gasteiger partial charge in [0.25, 0.3) is 0 Å². The van der Waals surface area contributed by atoms with Crippen LogP contribution in [0.1, 0.15) is 18.3 Å². The minimum absolute atomic E-state index is 0.0466. The van der Waals surface area contributed by atoms with E-state index in [4.69, 9.17) is 4.74 Å². The summed E-state index contributed by atoms with van der Waals surface area (Å²) in [4.78, 5) is 35.6. The molecule has 1 aliphatic heterocycles. The molecule has 0 aromatic carbocycles. The van der Waals surface area contributed by atoms with E-state index in [1.807, 2.05) is 19.9 Å². The first-order valence-corrected chi connectivity index (χ1v) is 5.35. The first-order valence-electron chi connectivity index (χ1n) is 5.35. The zero-order valence-electron chi connectivity index (χ0n) is 10.3. The molecule has 0 atom stereocenters. The number of aliphatic imine (C=N–C) groups is 1. The van der Waals surface area contributed by atoms with Crippen molar-refractivity contribution in [3.05, 3.63) is 17.5 Å². The standard InChI is InChI=1S/C11H12N4O3/c1-6-4-7(2)13-10(12-6)15-5-9(17)18-11(15)14-8(3)16/h4H,5H2,1-3H3. The molecule has 0 saturated carbocycles. The van der Waals surface area contributed by atoms with Gasteiger partial charge in [0.05, 0.1) is 0 Å². The van der Waals surface area contributed by atoms with Gasteiger partial charge in [-0.2, -0.15) is 4.99 Å². The zero-order chi connectivity index (χ0) is 13.3. The molecule has 0 radical (unpaired) electrons. The SMILES string of the molecule is CC(=O)N=C1OC(=O)CN1c1nc(C)cc(C)n1. The van der Waals surface area contributed by atoms with Crippen LogP contribution in [0.25, 0.3) is 0 Å². The van der Waals surface area contributed by atoms with Gasteiger partial charge in [0.1, 0.15) is 6.54 Å². The highest BCUT2D eigenvalue weighted by Crippen LogP contribution is 2.15. The Bertz CT molecular complexity index is 533. The van der Waals surface area contributed by atoms with E-state index in [0.29, 0.717) is 5.95 Å². The summed E-state index contributed by atoms with van der Waals surface area (Å²) in [6.45, 7) is 4.87. The number of aryl methyl sites for hydroxylation is 2. The number of rotatable bonds is 1. The molecule has 7 heteroatoms. The number of amidine groups is 1. The third kappa shape index (κ3) is 2.50. The molecule has 0 spiro atoms. The van der Waals surface area contributed by atoms with E-state index in [-0.39, 0.29) is 12.6 Å². The molecule has 1 fully saturated rings. The van der Waals surface area contributed by atoms with Crippen LogP contribution in [0.2, 0.25) is 0 Å². The first-order chi connectivity index (χ1) is 8.45. The molecular weight excluding hydrogens is 236 g/mol. The normalized spacial score (nSPS) is 17.2. The molecule has 0 bridgehead atoms. The molecular formula is C11H12N4O3. The zero-order valence-corrected chi connectivity index (χ0v) is 10.3. The molecule has 0 aliphatic carbocycles. The highest BCUT2D eigenvalue weighted by Gasteiger charge is 2.31. The highest BCUT2D eigenvalue weighted by atomic mass is 16.6. The first kappa shape index (κ1) is 12.2. The van der Waals surface area contributed by atoms with E-state index < -0.39 is 11.9 Å². The fourth-order valence-corrected chi connectivity index (χ4v) is 1.59. The van der Waals surface area contributed by atoms with Crippen molar-refractivity contribution in [2.45, 2.75) is 20.8 Å². The summed E-state index contributed by atoms with van der Waals surface area (Å²) >= 11 is 0. The number of cyclic esters (lactones) is 1. The molecule has 1 aliphatic rings. The van der Waals surface area contributed by atoms with Crippen LogP contribution in [0.15, 0.2) is 11.1 Å². The quantitative estimate of drug-likeness (QED) is 0.667. The number of carbonyl (C=O) groups excluding carboxylic acids is 2. The monoisotopic (exact) mass is 248 g/mol. The van der Waals surface area contributed by atoms with Crippen molar-refractivity contribution in [3.63, 3.8) is 0 Å². The van der Waals surface area contributed by atoms with Gasteiger partial charge < -0.3 is 4.74 Å². The molecule has 2 heterocycles. The van der Waals surface area contributed by atoms with Crippen molar-refractivity contribution in [1.29, 1.82) is 0 Å². The predicted molar refractivity (Wildman–Crippen MR) is 63.1 cm³/mol. The molecule has 94 valence electrons. The molecule has 0 N–H and O–H groups in total. The molecule has 7 nitrogen and oxygen atoms in total. The van der Waals surface area contributed by atoms with Crippen molar-refractivity contribution in [1.82, 2.24) is 9.97 Å². The number of aromatic nitrogens is 2. The van der Waals surface area contributed by atoms with Crippen LogP contribution >= 0.6 is 0 Å². The second-order valence-corrected chi connectivity index (χ2v) is 3.92. The largest absolute Gasteiger partial charge is 0.391 e. The number of amides is 1. The van der Waals surface area contributed by atoms with Crippen molar-refractivity contribution in [2.24, 2.45) is 4.99 Å². The van der Waals surface area contributed by atoms with Crippen LogP contribution in [-0.4, -0.2) is 34.4 Å². The van der Waals surface area contributed by atoms with Crippen LogP contribution in [0.5, 0.6) is 0 Å². The van der Waals surface area contributed by atoms with Crippen molar-refractivity contribution >= 4 is 23.8 Å². The summed E-state index contributed by atoms with van der Waals surface area (Å²) in [7, 11) is 0. The van der Waals surface area contributed by atoms with Gasteiger partial charge in [0, 0.05) is 18.3 Å². The Morgan fingerprint density at radius 3 is 2.56 bits per heavy atom. The van der Waals surface area contributed by atoms with Crippen LogP contribution in [-0.2, 0) is 14.3 Å². The van der Waals surface area contributed by atoms with Gasteiger partial charge in [-0.3, -0.25) is 9.69 Å². The lowest BCUT2D eigenvalue weighted by Gasteiger charge is -2.13. The maximum atomic E-state index is 11.3. The number of ether oxygens (including phenoxy) is 1. The maximum absolute atomic E-state index is 11.3. The van der Waals surface area contributed by atoms with E-state index in [9.17, 15) is 9.59 Å². The third-order valence-electron chi connectivity index (χ3n) is 2.19. The van der Waals surface area contributed by atoms with E-state index in [1.54, 1.807) is 0 Å². The molecule has 1 aromatic heterocycles. The van der Waals surface area contributed by atoms with Gasteiger partial charge in [-0.05, 0) is 19.9 Å². The topological polar surface area (TPSA) is 84.8 Å². The number of hydrogen-bond acceptors (Lipinski definition) is 5. The molecule has 0 unspecified atom stereocenters. The van der Waals surface area contributed by atoms with Crippen molar-refractivity contribution in [2.75, 3.05) is 11.4 Å². The van der Waals surface area contributed by atoms with Gasteiger partial charge in [0.15, 0.2) is 0 Å². The number of carbonyl (C=O) groups is 2. The Balaban J connectivity index is 2.41. The van der Waals surface area contributed by atoms with E-state index in [2.05, 4.69) is 15.0 Å². The van der Waals surface area contributed by atoms with Crippen molar-refractivity contribution < 1.29 is 14.3 Å². The van der Waals surface area contributed by atoms with Crippen LogP contribution in [0.4, 0.5) is 5.95 Å². The molecule has 1 amide bonds. The predicted octanol–water partition coefficient (Wildman–Crippen LogP) is 0.359. The minimum atomic E-state index is -0.488. The number of hydrogen-bond donors (Lipinski definition) is 0. The summed E-state index contributed by atoms with van der Waals surface area (Å²) in [5.41, 5.74) is 1.53. The maximum Gasteiger partial charge on any atom is 0.334 e. The lowest BCUT2D eigenvalue weighted by Crippen LogP contribution is -2.28. The van der Waals surface area contributed by atoms with E-state index in [0.717, 1.165) is 11.4 Å². The van der Waals surface area contributed by atoms with Gasteiger partial charge in [-0.25, -0.2) is 14.8 Å². The second kappa shape index (κ2) is 4.52. The van der Waals surface area contributed by atoms with Crippen LogP contribution in [0.3, 0.4) is 0 Å². The summed E-state index contributed by atoms with van der Waals surface area (Å²) in [6.07, 6.45) is 0. The average Bonchev–Trinajstić information content (AvgIpc) is 2.56. The second-order valence-electron chi connectivity index (χ2n) is 3.92. The Labute approximate surface area is 104 Å². The summed E-state index contributed by atoms with van der Waals surface area (Å²) in [5, 5.41) is 0. The Morgan fingerprint density at radius 1 is 1.39 bits per heavy atom. The van der Waals surface area contributed by atoms with Gasteiger partial charge in [-0.15, -0.1) is 0 Å². The number of esters is 1. The van der Waals surface area contributed by atoms with Gasteiger partial charge in [-0.1, -0.05) is 0 Å². The Hall–Kier alpha value is -2.31. The number of anilines is 1. The third-order valence-corrected chi connectivity index (χ3v) is 2.19. The molecule has 2 rings (SSSR count).